The van der Waals surface area contributed by atoms with Crippen LogP contribution in [-0.4, -0.2) is 102 Å². The summed E-state index contributed by atoms with van der Waals surface area (Å²) in [6.45, 7) is 6.07. The number of hydroxylamine groups is 2. The highest BCUT2D eigenvalue weighted by atomic mass is 32.3. The maximum Gasteiger partial charge on any atom is 0.418 e. The molecular formula is C30H39FN8O9S. The SMILES string of the molecule is CC[C@H](C)C(NC(=O)[C@@H]1CC[C@@H]2CN1C(=O)N2OS(=O)(=O)O)C(=O)NNC(=O)c1cn(C2CC2)c2cc(N3CCNCC3)c(F)cc2c1=O. The molecule has 2 bridgehead atoms. The Bertz CT molecular complexity index is 1850. The van der Waals surface area contributed by atoms with Crippen molar-refractivity contribution in [2.24, 2.45) is 5.92 Å². The van der Waals surface area contributed by atoms with E-state index in [1.54, 1.807) is 24.5 Å². The number of nitrogens with one attached hydrogen (secondary N) is 4. The Labute approximate surface area is 281 Å². The number of hydrazine groups is 1. The van der Waals surface area contributed by atoms with Crippen molar-refractivity contribution in [1.29, 1.82) is 0 Å². The number of hydrogen-bond acceptors (Lipinski definition) is 10. The molecule has 5 N–H and O–H groups in total. The lowest BCUT2D eigenvalue weighted by atomic mass is 9.96. The van der Waals surface area contributed by atoms with E-state index in [1.807, 2.05) is 4.90 Å². The molecule has 3 aliphatic heterocycles. The Hall–Kier alpha value is -4.33. The van der Waals surface area contributed by atoms with Gasteiger partial charge < -0.3 is 25.0 Å². The number of urea groups is 1. The fraction of sp³-hybridized carbons (Fsp3) is 0.567. The molecule has 3 saturated heterocycles. The van der Waals surface area contributed by atoms with Gasteiger partial charge in [0.05, 0.1) is 17.2 Å². The molecule has 19 heteroatoms. The molecule has 6 rings (SSSR count). The molecule has 2 aromatic rings. The minimum atomic E-state index is -4.97. The van der Waals surface area contributed by atoms with Crippen LogP contribution in [0.4, 0.5) is 14.9 Å². The number of amides is 5. The number of rotatable bonds is 10. The summed E-state index contributed by atoms with van der Waals surface area (Å²) in [7, 11) is -4.97. The summed E-state index contributed by atoms with van der Waals surface area (Å²) in [6.07, 6.45) is 3.83. The van der Waals surface area contributed by atoms with Crippen LogP contribution in [0.2, 0.25) is 0 Å². The third-order valence-corrected chi connectivity index (χ3v) is 9.98. The molecule has 17 nitrogen and oxygen atoms in total. The number of anilines is 1. The largest absolute Gasteiger partial charge is 0.418 e. The van der Waals surface area contributed by atoms with E-state index in [4.69, 9.17) is 4.55 Å². The topological polar surface area (TPSA) is 212 Å². The summed E-state index contributed by atoms with van der Waals surface area (Å²) in [6, 6.07) is -1.02. The van der Waals surface area contributed by atoms with E-state index in [0.717, 1.165) is 23.8 Å². The zero-order valence-corrected chi connectivity index (χ0v) is 27.8. The van der Waals surface area contributed by atoms with Gasteiger partial charge in [-0.2, -0.15) is 13.5 Å². The van der Waals surface area contributed by atoms with E-state index in [1.165, 1.54) is 6.20 Å². The van der Waals surface area contributed by atoms with Gasteiger partial charge in [-0.05, 0) is 43.7 Å². The van der Waals surface area contributed by atoms with E-state index in [9.17, 15) is 32.4 Å². The maximum atomic E-state index is 15.3. The number of carbonyl (C=O) groups excluding carboxylic acids is 4. The van der Waals surface area contributed by atoms with Crippen molar-refractivity contribution in [2.45, 2.75) is 70.1 Å². The standard InChI is InChI=1S/C30H39FN8O9S/c1-3-16(2)25(33-28(42)22-7-6-18-14-38(22)30(44)39(18)48-49(45,46)47)29(43)35-34-27(41)20-15-37(17-4-5-17)23-13-24(36-10-8-32-9-11-36)21(31)12-19(23)26(20)40/h12-13,15-18,22,25,32H,3-11,14H2,1-2H3,(H,33,42)(H,34,41)(H,35,43)(H,45,46,47)/t16-,18+,22-,25?/m0/s1. The molecule has 1 aliphatic carbocycles. The van der Waals surface area contributed by atoms with Crippen LogP contribution in [0.1, 0.15) is 62.4 Å². The number of pyridine rings is 1. The molecule has 0 spiro atoms. The molecule has 49 heavy (non-hydrogen) atoms. The molecule has 4 aliphatic rings. The number of piperazine rings is 1. The number of aromatic nitrogens is 1. The van der Waals surface area contributed by atoms with E-state index >= 15 is 4.39 Å². The Morgan fingerprint density at radius 3 is 2.43 bits per heavy atom. The first kappa shape index (κ1) is 34.5. The number of carbonyl (C=O) groups is 4. The first-order chi connectivity index (χ1) is 23.3. The molecule has 4 atom stereocenters. The van der Waals surface area contributed by atoms with Gasteiger partial charge >= 0.3 is 16.4 Å². The molecule has 1 aromatic carbocycles. The summed E-state index contributed by atoms with van der Waals surface area (Å²) in [5.41, 5.74) is 4.46. The van der Waals surface area contributed by atoms with Gasteiger partial charge in [-0.1, -0.05) is 20.3 Å². The van der Waals surface area contributed by atoms with Crippen molar-refractivity contribution in [3.05, 3.63) is 39.9 Å². The quantitative estimate of drug-likeness (QED) is 0.166. The fourth-order valence-corrected chi connectivity index (χ4v) is 7.03. The van der Waals surface area contributed by atoms with E-state index in [0.29, 0.717) is 48.9 Å². The highest BCUT2D eigenvalue weighted by molar-refractivity contribution is 7.80. The van der Waals surface area contributed by atoms with Crippen LogP contribution in [0.3, 0.4) is 0 Å². The first-order valence-corrected chi connectivity index (χ1v) is 17.6. The summed E-state index contributed by atoms with van der Waals surface area (Å²) in [5, 5.41) is 6.42. The highest BCUT2D eigenvalue weighted by Gasteiger charge is 2.49. The van der Waals surface area contributed by atoms with Gasteiger partial charge in [0.15, 0.2) is 0 Å². The lowest BCUT2D eigenvalue weighted by molar-refractivity contribution is -0.133. The van der Waals surface area contributed by atoms with E-state index in [2.05, 4.69) is 25.8 Å². The van der Waals surface area contributed by atoms with Crippen molar-refractivity contribution in [1.82, 2.24) is 36.0 Å². The second kappa shape index (κ2) is 13.5. The third kappa shape index (κ3) is 7.06. The first-order valence-electron chi connectivity index (χ1n) is 16.3. The van der Waals surface area contributed by atoms with Crippen LogP contribution in [0.15, 0.2) is 23.1 Å². The number of hydrogen-bond donors (Lipinski definition) is 5. The smallest absolute Gasteiger partial charge is 0.367 e. The summed E-state index contributed by atoms with van der Waals surface area (Å²) in [5.74, 6) is -3.41. The van der Waals surface area contributed by atoms with Gasteiger partial charge in [-0.3, -0.25) is 34.6 Å². The minimum absolute atomic E-state index is 0.0276. The predicted molar refractivity (Wildman–Crippen MR) is 172 cm³/mol. The maximum absolute atomic E-state index is 15.3. The Morgan fingerprint density at radius 1 is 1.08 bits per heavy atom. The number of piperidine rings is 1. The second-order valence-electron chi connectivity index (χ2n) is 12.9. The van der Waals surface area contributed by atoms with Gasteiger partial charge in [0.2, 0.25) is 11.3 Å². The van der Waals surface area contributed by atoms with E-state index < -0.39 is 69.4 Å². The van der Waals surface area contributed by atoms with Crippen molar-refractivity contribution < 1.29 is 40.8 Å². The second-order valence-corrected chi connectivity index (χ2v) is 13.9. The molecule has 5 amide bonds. The van der Waals surface area contributed by atoms with Crippen molar-refractivity contribution in [3.8, 4) is 0 Å². The van der Waals surface area contributed by atoms with E-state index in [-0.39, 0.29) is 36.4 Å². The number of fused-ring (bicyclic) bond motifs is 3. The monoisotopic (exact) mass is 706 g/mol. The normalized spacial score (nSPS) is 22.2. The van der Waals surface area contributed by atoms with Crippen LogP contribution in [-0.2, 0) is 24.3 Å². The Morgan fingerprint density at radius 2 is 1.78 bits per heavy atom. The summed E-state index contributed by atoms with van der Waals surface area (Å²) < 4.78 is 53.0. The zero-order chi connectivity index (χ0) is 35.2. The summed E-state index contributed by atoms with van der Waals surface area (Å²) >= 11 is 0. The third-order valence-electron chi connectivity index (χ3n) is 9.64. The van der Waals surface area contributed by atoms with Crippen LogP contribution in [0.25, 0.3) is 10.9 Å². The molecule has 0 radical (unpaired) electrons. The molecule has 4 fully saturated rings. The van der Waals surface area contributed by atoms with Gasteiger partial charge in [-0.25, -0.2) is 9.18 Å². The molecule has 4 heterocycles. The van der Waals surface area contributed by atoms with Crippen LogP contribution in [0, 0.1) is 11.7 Å². The Balaban J connectivity index is 1.16. The average molecular weight is 707 g/mol. The molecule has 1 aromatic heterocycles. The number of halogens is 1. The van der Waals surface area contributed by atoms with Crippen LogP contribution in [0.5, 0.6) is 0 Å². The predicted octanol–water partition coefficient (Wildman–Crippen LogP) is 0.180. The lowest BCUT2D eigenvalue weighted by Gasteiger charge is -2.31. The Kier molecular flexibility index (Phi) is 9.53. The van der Waals surface area contributed by atoms with Crippen molar-refractivity contribution in [3.63, 3.8) is 0 Å². The lowest BCUT2D eigenvalue weighted by Crippen LogP contribution is -2.59. The fourth-order valence-electron chi connectivity index (χ4n) is 6.64. The minimum Gasteiger partial charge on any atom is -0.367 e. The molecule has 266 valence electrons. The average Bonchev–Trinajstić information content (AvgIpc) is 3.90. The highest BCUT2D eigenvalue weighted by Crippen LogP contribution is 2.38. The number of nitrogens with zero attached hydrogens (tertiary/aromatic N) is 4. The molecule has 1 unspecified atom stereocenters. The van der Waals surface area contributed by atoms with Gasteiger partial charge in [-0.15, -0.1) is 4.28 Å². The zero-order valence-electron chi connectivity index (χ0n) is 27.0. The van der Waals surface area contributed by atoms with Crippen LogP contribution >= 0.6 is 0 Å². The van der Waals surface area contributed by atoms with Gasteiger partial charge in [0.25, 0.3) is 11.8 Å². The number of benzene rings is 1. The van der Waals surface area contributed by atoms with Gasteiger partial charge in [0.1, 0.15) is 23.5 Å². The van der Waals surface area contributed by atoms with Crippen LogP contribution < -0.4 is 31.8 Å². The molecular weight excluding hydrogens is 667 g/mol. The van der Waals surface area contributed by atoms with Crippen molar-refractivity contribution >= 4 is 50.7 Å². The van der Waals surface area contributed by atoms with Gasteiger partial charge in [0, 0.05) is 50.3 Å². The molecule has 1 saturated carbocycles. The summed E-state index contributed by atoms with van der Waals surface area (Å²) in [4.78, 5) is 69.4. The van der Waals surface area contributed by atoms with Crippen molar-refractivity contribution in [2.75, 3.05) is 37.6 Å².